The second-order valence-corrected chi connectivity index (χ2v) is 7.50. The van der Waals surface area contributed by atoms with Gasteiger partial charge in [-0.1, -0.05) is 6.07 Å². The summed E-state index contributed by atoms with van der Waals surface area (Å²) in [5, 5.41) is 10.1. The molecule has 0 bridgehead atoms. The smallest absolute Gasteiger partial charge is 0.218 e. The molecule has 2 N–H and O–H groups in total. The van der Waals surface area contributed by atoms with E-state index in [1.54, 1.807) is 4.31 Å². The maximum Gasteiger partial charge on any atom is 0.218 e. The molecule has 1 saturated heterocycles. The molecule has 0 aliphatic carbocycles. The molecule has 1 fully saturated rings. The van der Waals surface area contributed by atoms with Gasteiger partial charge in [0.05, 0.1) is 5.75 Å². The van der Waals surface area contributed by atoms with Crippen LogP contribution in [0.15, 0.2) is 24.4 Å². The van der Waals surface area contributed by atoms with Gasteiger partial charge >= 0.3 is 0 Å². The third kappa shape index (κ3) is 2.97. The van der Waals surface area contributed by atoms with Crippen molar-refractivity contribution < 1.29 is 13.5 Å². The summed E-state index contributed by atoms with van der Waals surface area (Å²) in [7, 11) is -3.22. The Hall–Kier alpha value is -1.37. The van der Waals surface area contributed by atoms with Crippen molar-refractivity contribution in [3.05, 3.63) is 35.5 Å². The molecule has 1 aromatic heterocycles. The average molecular weight is 308 g/mol. The lowest BCUT2D eigenvalue weighted by atomic mass is 10.1. The Morgan fingerprint density at radius 3 is 2.71 bits per heavy atom. The number of hydrogen-bond donors (Lipinski definition) is 2. The van der Waals surface area contributed by atoms with E-state index in [9.17, 15) is 8.42 Å². The number of aliphatic hydroxyl groups is 1. The zero-order chi connectivity index (χ0) is 14.9. The van der Waals surface area contributed by atoms with Crippen molar-refractivity contribution in [3.8, 4) is 0 Å². The number of aromatic amines is 1. The van der Waals surface area contributed by atoms with Crippen molar-refractivity contribution in [3.63, 3.8) is 0 Å². The molecule has 0 amide bonds. The van der Waals surface area contributed by atoms with Crippen LogP contribution in [-0.4, -0.2) is 42.5 Å². The normalized spacial score (nSPS) is 16.8. The van der Waals surface area contributed by atoms with E-state index in [4.69, 9.17) is 5.11 Å². The number of H-pyrrole nitrogens is 1. The fraction of sp³-hybridized carbons (Fsp3) is 0.467. The number of aromatic nitrogens is 1. The molecule has 0 spiro atoms. The Kier molecular flexibility index (Phi) is 4.01. The number of benzene rings is 1. The number of nitrogens with zero attached hydrogens (tertiary/aromatic N) is 1. The summed E-state index contributed by atoms with van der Waals surface area (Å²) >= 11 is 0. The molecule has 5 nitrogen and oxygen atoms in total. The predicted octanol–water partition coefficient (Wildman–Crippen LogP) is 1.63. The lowest BCUT2D eigenvalue weighted by molar-refractivity contribution is 0.300. The predicted molar refractivity (Wildman–Crippen MR) is 82.5 cm³/mol. The van der Waals surface area contributed by atoms with E-state index in [-0.39, 0.29) is 12.4 Å². The molecule has 0 unspecified atom stereocenters. The van der Waals surface area contributed by atoms with Crippen LogP contribution < -0.4 is 0 Å². The first-order valence-electron chi connectivity index (χ1n) is 7.28. The van der Waals surface area contributed by atoms with Crippen molar-refractivity contribution in [2.24, 2.45) is 0 Å². The summed E-state index contributed by atoms with van der Waals surface area (Å²) in [4.78, 5) is 3.15. The molecule has 0 radical (unpaired) electrons. The van der Waals surface area contributed by atoms with Crippen LogP contribution in [0.2, 0.25) is 0 Å². The number of nitrogens with one attached hydrogen (secondary N) is 1. The Labute approximate surface area is 124 Å². The number of fused-ring (bicyclic) bond motifs is 1. The van der Waals surface area contributed by atoms with E-state index in [0.717, 1.165) is 34.9 Å². The molecule has 1 aliphatic rings. The third-order valence-corrected chi connectivity index (χ3v) is 5.87. The van der Waals surface area contributed by atoms with Gasteiger partial charge in [0.2, 0.25) is 10.0 Å². The fourth-order valence-electron chi connectivity index (χ4n) is 2.91. The van der Waals surface area contributed by atoms with Crippen LogP contribution in [0.5, 0.6) is 0 Å². The minimum Gasteiger partial charge on any atom is -0.396 e. The minimum absolute atomic E-state index is 0.0483. The Morgan fingerprint density at radius 2 is 2.00 bits per heavy atom. The first kappa shape index (κ1) is 14.6. The minimum atomic E-state index is -3.22. The Balaban J connectivity index is 1.88. The second kappa shape index (κ2) is 5.79. The number of rotatable bonds is 5. The third-order valence-electron chi connectivity index (χ3n) is 4.02. The van der Waals surface area contributed by atoms with Crippen LogP contribution in [0.4, 0.5) is 0 Å². The zero-order valence-corrected chi connectivity index (χ0v) is 12.7. The average Bonchev–Trinajstić information content (AvgIpc) is 3.09. The molecule has 0 atom stereocenters. The monoisotopic (exact) mass is 308 g/mol. The zero-order valence-electron chi connectivity index (χ0n) is 11.9. The van der Waals surface area contributed by atoms with Crippen LogP contribution in [0.3, 0.4) is 0 Å². The quantitative estimate of drug-likeness (QED) is 0.881. The van der Waals surface area contributed by atoms with E-state index in [2.05, 4.69) is 4.98 Å². The molecule has 6 heteroatoms. The lowest BCUT2D eigenvalue weighted by Crippen LogP contribution is -2.29. The van der Waals surface area contributed by atoms with E-state index in [1.165, 1.54) is 0 Å². The first-order valence-corrected chi connectivity index (χ1v) is 8.88. The molecule has 21 heavy (non-hydrogen) atoms. The van der Waals surface area contributed by atoms with E-state index < -0.39 is 10.0 Å². The highest BCUT2D eigenvalue weighted by atomic mass is 32.2. The van der Waals surface area contributed by atoms with Gasteiger partial charge < -0.3 is 10.1 Å². The maximum atomic E-state index is 12.4. The van der Waals surface area contributed by atoms with Gasteiger partial charge in [-0.25, -0.2) is 12.7 Å². The van der Waals surface area contributed by atoms with Gasteiger partial charge in [-0.2, -0.15) is 0 Å². The summed E-state index contributed by atoms with van der Waals surface area (Å²) in [6.07, 6.45) is 4.36. The van der Waals surface area contributed by atoms with E-state index >= 15 is 0 Å². The number of sulfonamides is 1. The van der Waals surface area contributed by atoms with Crippen molar-refractivity contribution >= 4 is 20.9 Å². The molecule has 0 saturated carbocycles. The molecular formula is C15H20N2O3S. The van der Waals surface area contributed by atoms with E-state index in [0.29, 0.717) is 19.5 Å². The number of aliphatic hydroxyl groups excluding tert-OH is 1. The van der Waals surface area contributed by atoms with Gasteiger partial charge in [0.1, 0.15) is 0 Å². The fourth-order valence-corrected chi connectivity index (χ4v) is 4.51. The van der Waals surface area contributed by atoms with Gasteiger partial charge in [0.15, 0.2) is 0 Å². The van der Waals surface area contributed by atoms with Crippen LogP contribution in [-0.2, 0) is 22.2 Å². The van der Waals surface area contributed by atoms with Crippen molar-refractivity contribution in [1.29, 1.82) is 0 Å². The summed E-state index contributed by atoms with van der Waals surface area (Å²) in [6, 6.07) is 5.69. The Morgan fingerprint density at radius 1 is 1.24 bits per heavy atom. The standard InChI is InChI=1S/C15H20N2O3S/c18-8-5-13-10-16-15-4-3-12(9-14(13)15)11-21(19,20)17-6-1-2-7-17/h3-4,9-10,16,18H,1-2,5-8,11H2. The van der Waals surface area contributed by atoms with Crippen LogP contribution in [0.1, 0.15) is 24.0 Å². The second-order valence-electron chi connectivity index (χ2n) is 5.53. The van der Waals surface area contributed by atoms with Gasteiger partial charge in [-0.05, 0) is 42.5 Å². The van der Waals surface area contributed by atoms with Gasteiger partial charge in [0.25, 0.3) is 0 Å². The van der Waals surface area contributed by atoms with Crippen LogP contribution in [0.25, 0.3) is 10.9 Å². The SMILES string of the molecule is O=S(=O)(Cc1ccc2[nH]cc(CCO)c2c1)N1CCCC1. The molecule has 1 aliphatic heterocycles. The molecule has 114 valence electrons. The van der Waals surface area contributed by atoms with Crippen LogP contribution in [0, 0.1) is 0 Å². The topological polar surface area (TPSA) is 73.4 Å². The largest absolute Gasteiger partial charge is 0.396 e. The highest BCUT2D eigenvalue weighted by Crippen LogP contribution is 2.23. The molecule has 1 aromatic carbocycles. The molecule has 2 heterocycles. The molecular weight excluding hydrogens is 288 g/mol. The summed E-state index contributed by atoms with van der Waals surface area (Å²) in [5.74, 6) is 0.0483. The summed E-state index contributed by atoms with van der Waals surface area (Å²) in [5.41, 5.74) is 2.79. The number of hydrogen-bond acceptors (Lipinski definition) is 3. The highest BCUT2D eigenvalue weighted by molar-refractivity contribution is 7.88. The first-order chi connectivity index (χ1) is 10.1. The highest BCUT2D eigenvalue weighted by Gasteiger charge is 2.25. The summed E-state index contributed by atoms with van der Waals surface area (Å²) in [6.45, 7) is 1.37. The van der Waals surface area contributed by atoms with Crippen LogP contribution >= 0.6 is 0 Å². The molecule has 3 rings (SSSR count). The van der Waals surface area contributed by atoms with Gasteiger partial charge in [-0.3, -0.25) is 0 Å². The van der Waals surface area contributed by atoms with Crippen molar-refractivity contribution in [2.75, 3.05) is 19.7 Å². The molecule has 2 aromatic rings. The van der Waals surface area contributed by atoms with E-state index in [1.807, 2.05) is 24.4 Å². The maximum absolute atomic E-state index is 12.4. The van der Waals surface area contributed by atoms with Crippen molar-refractivity contribution in [1.82, 2.24) is 9.29 Å². The Bertz CT molecular complexity index is 730. The summed E-state index contributed by atoms with van der Waals surface area (Å²) < 4.78 is 26.3. The van der Waals surface area contributed by atoms with Gasteiger partial charge in [-0.15, -0.1) is 0 Å². The lowest BCUT2D eigenvalue weighted by Gasteiger charge is -2.15. The van der Waals surface area contributed by atoms with Gasteiger partial charge in [0, 0.05) is 36.8 Å². The van der Waals surface area contributed by atoms with Crippen molar-refractivity contribution in [2.45, 2.75) is 25.0 Å².